The number of benzene rings is 1. The first-order chi connectivity index (χ1) is 23.0. The van der Waals surface area contributed by atoms with Gasteiger partial charge in [0.05, 0.1) is 57.4 Å². The Morgan fingerprint density at radius 3 is 1.47 bits per heavy atom. The van der Waals surface area contributed by atoms with Crippen molar-refractivity contribution in [3.8, 4) is 0 Å². The molecule has 1 aromatic rings. The maximum absolute atomic E-state index is 13.1. The minimum atomic E-state index is -0.544. The van der Waals surface area contributed by atoms with Crippen LogP contribution in [0.2, 0.25) is 0 Å². The van der Waals surface area contributed by atoms with Crippen molar-refractivity contribution >= 4 is 11.9 Å². The van der Waals surface area contributed by atoms with Crippen LogP contribution in [-0.2, 0) is 33.2 Å². The molecule has 0 saturated carbocycles. The lowest BCUT2D eigenvalue weighted by Crippen LogP contribution is -2.46. The molecule has 270 valence electrons. The Labute approximate surface area is 284 Å². The van der Waals surface area contributed by atoms with Crippen molar-refractivity contribution in [1.82, 2.24) is 0 Å². The molecular weight excluding hydrogens is 600 g/mol. The van der Waals surface area contributed by atoms with E-state index in [4.69, 9.17) is 33.2 Å². The minimum Gasteiger partial charge on any atom is -0.454 e. The number of unbranched alkanes of at least 4 members (excludes halogenated alkanes) is 11. The second-order valence-electron chi connectivity index (χ2n) is 13.0. The average Bonchev–Trinajstić information content (AvgIpc) is 3.06. The van der Waals surface area contributed by atoms with Gasteiger partial charge in [-0.1, -0.05) is 91.4 Å². The highest BCUT2D eigenvalue weighted by molar-refractivity contribution is 5.93. The summed E-state index contributed by atoms with van der Waals surface area (Å²) in [4.78, 5) is 25.9. The van der Waals surface area contributed by atoms with E-state index in [1.807, 2.05) is 0 Å². The van der Waals surface area contributed by atoms with Crippen molar-refractivity contribution in [3.63, 3.8) is 0 Å². The van der Waals surface area contributed by atoms with Crippen LogP contribution in [0.1, 0.15) is 131 Å². The van der Waals surface area contributed by atoms with Gasteiger partial charge < -0.3 is 33.2 Å². The van der Waals surface area contributed by atoms with Gasteiger partial charge in [0.15, 0.2) is 0 Å². The Kier molecular flexibility index (Phi) is 22.7. The highest BCUT2D eigenvalue weighted by atomic mass is 16.6. The van der Waals surface area contributed by atoms with Crippen molar-refractivity contribution in [3.05, 3.63) is 35.4 Å². The van der Waals surface area contributed by atoms with Crippen LogP contribution in [0.5, 0.6) is 0 Å². The van der Waals surface area contributed by atoms with Crippen LogP contribution in [0.15, 0.2) is 24.3 Å². The molecule has 9 heteroatoms. The molecule has 0 radical (unpaired) electrons. The van der Waals surface area contributed by atoms with Crippen LogP contribution in [0, 0.1) is 5.41 Å². The van der Waals surface area contributed by atoms with E-state index in [2.05, 4.69) is 20.8 Å². The van der Waals surface area contributed by atoms with E-state index in [9.17, 15) is 9.59 Å². The van der Waals surface area contributed by atoms with Crippen LogP contribution in [0.3, 0.4) is 0 Å². The summed E-state index contributed by atoms with van der Waals surface area (Å²) >= 11 is 0. The van der Waals surface area contributed by atoms with Crippen LogP contribution in [0.25, 0.3) is 0 Å². The van der Waals surface area contributed by atoms with Gasteiger partial charge in [0.2, 0.25) is 0 Å². The molecule has 0 N–H and O–H groups in total. The highest BCUT2D eigenvalue weighted by Crippen LogP contribution is 2.31. The molecule has 47 heavy (non-hydrogen) atoms. The zero-order valence-corrected chi connectivity index (χ0v) is 29.9. The molecule has 2 unspecified atom stereocenters. The van der Waals surface area contributed by atoms with E-state index in [1.54, 1.807) is 31.4 Å². The maximum atomic E-state index is 13.1. The molecular formula is C38H64O9. The van der Waals surface area contributed by atoms with Gasteiger partial charge in [-0.2, -0.15) is 0 Å². The van der Waals surface area contributed by atoms with Crippen LogP contribution >= 0.6 is 0 Å². The van der Waals surface area contributed by atoms with E-state index >= 15 is 0 Å². The Balaban J connectivity index is 1.82. The third-order valence-electron chi connectivity index (χ3n) is 8.68. The van der Waals surface area contributed by atoms with Gasteiger partial charge in [0.1, 0.15) is 12.2 Å². The monoisotopic (exact) mass is 664 g/mol. The van der Waals surface area contributed by atoms with Gasteiger partial charge in [0.25, 0.3) is 0 Å². The predicted molar refractivity (Wildman–Crippen MR) is 184 cm³/mol. The summed E-state index contributed by atoms with van der Waals surface area (Å²) in [5.74, 6) is -0.986. The Morgan fingerprint density at radius 1 is 0.638 bits per heavy atom. The Morgan fingerprint density at radius 2 is 1.06 bits per heavy atom. The molecule has 1 aliphatic heterocycles. The lowest BCUT2D eigenvalue weighted by molar-refractivity contribution is -0.157. The summed E-state index contributed by atoms with van der Waals surface area (Å²) < 4.78 is 39.8. The fourth-order valence-electron chi connectivity index (χ4n) is 5.36. The molecule has 2 rings (SSSR count). The second-order valence-corrected chi connectivity index (χ2v) is 13.0. The number of carbonyl (C=O) groups excluding carboxylic acids is 2. The van der Waals surface area contributed by atoms with E-state index in [1.165, 1.54) is 57.8 Å². The van der Waals surface area contributed by atoms with Crippen LogP contribution in [-0.4, -0.2) is 90.7 Å². The lowest BCUT2D eigenvalue weighted by Gasteiger charge is -2.40. The summed E-state index contributed by atoms with van der Waals surface area (Å²) in [5.41, 5.74) is 0.718. The van der Waals surface area contributed by atoms with E-state index in [-0.39, 0.29) is 31.8 Å². The number of carbonyl (C=O) groups is 2. The third kappa shape index (κ3) is 17.8. The largest absolute Gasteiger partial charge is 0.454 e. The zero-order valence-electron chi connectivity index (χ0n) is 29.9. The number of methoxy groups -OCH3 is 1. The third-order valence-corrected chi connectivity index (χ3v) is 8.68. The van der Waals surface area contributed by atoms with Gasteiger partial charge in [-0.05, 0) is 43.5 Å². The van der Waals surface area contributed by atoms with Crippen molar-refractivity contribution in [1.29, 1.82) is 0 Å². The van der Waals surface area contributed by atoms with Crippen molar-refractivity contribution in [2.75, 3.05) is 66.6 Å². The van der Waals surface area contributed by atoms with E-state index in [0.29, 0.717) is 44.2 Å². The molecule has 0 amide bonds. The molecule has 9 nitrogen and oxygen atoms in total. The smallest absolute Gasteiger partial charge is 0.338 e. The Bertz CT molecular complexity index is 926. The summed E-state index contributed by atoms with van der Waals surface area (Å²) in [7, 11) is 1.57. The standard InChI is InChI=1S/C38H64O9/c1-5-8-10-12-14-16-18-24-43-27-35(28-44-29-38(7-3)30-45-31-38)47-37(40)33-21-19-32(20-22-33)36(39)46-34(25-41-4)26-42-23-17-15-13-11-9-6-2/h19-22,34-35H,5-18,23-31H2,1-4H3. The number of ether oxygens (including phenoxy) is 7. The number of hydrogen-bond acceptors (Lipinski definition) is 9. The van der Waals surface area contributed by atoms with E-state index < -0.39 is 24.1 Å². The molecule has 2 atom stereocenters. The molecule has 0 aromatic heterocycles. The molecule has 0 aliphatic carbocycles. The lowest BCUT2D eigenvalue weighted by atomic mass is 9.84. The summed E-state index contributed by atoms with van der Waals surface area (Å²) in [5, 5.41) is 0. The molecule has 1 aliphatic rings. The average molecular weight is 665 g/mol. The number of rotatable bonds is 30. The molecule has 1 fully saturated rings. The van der Waals surface area contributed by atoms with Crippen molar-refractivity contribution in [2.45, 2.75) is 123 Å². The zero-order chi connectivity index (χ0) is 34.0. The van der Waals surface area contributed by atoms with Crippen molar-refractivity contribution in [2.24, 2.45) is 5.41 Å². The topological polar surface area (TPSA) is 98.8 Å². The highest BCUT2D eigenvalue weighted by Gasteiger charge is 2.37. The molecule has 1 heterocycles. The molecule has 0 spiro atoms. The van der Waals surface area contributed by atoms with E-state index in [0.717, 1.165) is 32.1 Å². The first kappa shape index (κ1) is 41.1. The molecule has 1 saturated heterocycles. The van der Waals surface area contributed by atoms with Crippen LogP contribution < -0.4 is 0 Å². The number of esters is 2. The van der Waals surface area contributed by atoms with Crippen LogP contribution in [0.4, 0.5) is 0 Å². The Hall–Kier alpha value is -2.04. The first-order valence-corrected chi connectivity index (χ1v) is 18.3. The number of hydrogen-bond donors (Lipinski definition) is 0. The van der Waals surface area contributed by atoms with Gasteiger partial charge >= 0.3 is 11.9 Å². The second kappa shape index (κ2) is 25.9. The fourth-order valence-corrected chi connectivity index (χ4v) is 5.36. The quantitative estimate of drug-likeness (QED) is 0.0599. The SMILES string of the molecule is CCCCCCCCCOCC(COCC1(CC)COC1)OC(=O)c1ccc(C(=O)OC(COC)COCCCCCCCC)cc1. The summed E-state index contributed by atoms with van der Waals surface area (Å²) in [6.45, 7) is 10.8. The molecule has 1 aromatic carbocycles. The minimum absolute atomic E-state index is 0.0416. The van der Waals surface area contributed by atoms with Gasteiger partial charge in [0, 0.05) is 25.7 Å². The summed E-state index contributed by atoms with van der Waals surface area (Å²) in [6, 6.07) is 6.30. The normalized spacial score (nSPS) is 15.1. The maximum Gasteiger partial charge on any atom is 0.338 e. The first-order valence-electron chi connectivity index (χ1n) is 18.3. The summed E-state index contributed by atoms with van der Waals surface area (Å²) in [6.07, 6.45) is 15.5. The van der Waals surface area contributed by atoms with Gasteiger partial charge in [-0.25, -0.2) is 9.59 Å². The molecule has 0 bridgehead atoms. The predicted octanol–water partition coefficient (Wildman–Crippen LogP) is 7.97. The van der Waals surface area contributed by atoms with Gasteiger partial charge in [-0.3, -0.25) is 0 Å². The van der Waals surface area contributed by atoms with Gasteiger partial charge in [-0.15, -0.1) is 0 Å². The van der Waals surface area contributed by atoms with Crippen molar-refractivity contribution < 1.29 is 42.7 Å². The fraction of sp³-hybridized carbons (Fsp3) is 0.789.